The van der Waals surface area contributed by atoms with Gasteiger partial charge in [0.1, 0.15) is 0 Å². The van der Waals surface area contributed by atoms with Gasteiger partial charge in [0.25, 0.3) is 14.1 Å². The normalized spacial score (nSPS) is 30.2. The molecule has 0 aromatic heterocycles. The van der Waals surface area contributed by atoms with Crippen LogP contribution in [0.15, 0.2) is 0 Å². The zero-order valence-corrected chi connectivity index (χ0v) is 14.3. The molecular weight excluding hydrogens is 233 g/mol. The Bertz CT molecular complexity index is 231. The Morgan fingerprint density at radius 1 is 1.28 bits per heavy atom. The van der Waals surface area contributed by atoms with Gasteiger partial charge in [0, 0.05) is 0 Å². The van der Waals surface area contributed by atoms with E-state index in [9.17, 15) is 0 Å². The molecule has 0 saturated heterocycles. The standard InChI is InChI=1S/C11H21.C3H8N.C2H5.Al/c1-4-10-8-6-7-9-11(10,3)5-2;1-2-3-4;1-2;/h10H,3-9H2,1-2H3;2H,3-4H2,1H3;1H2,2H3;. The molecule has 1 saturated carbocycles. The van der Waals surface area contributed by atoms with Gasteiger partial charge >= 0.3 is 0 Å². The molecule has 18 heavy (non-hydrogen) atoms. The lowest BCUT2D eigenvalue weighted by Gasteiger charge is -2.46. The van der Waals surface area contributed by atoms with Gasteiger partial charge in [-0.05, 0) is 30.7 Å². The molecule has 1 aliphatic carbocycles. The van der Waals surface area contributed by atoms with Gasteiger partial charge < -0.3 is 5.73 Å². The predicted molar refractivity (Wildman–Crippen MR) is 84.5 cm³/mol. The second-order valence-corrected chi connectivity index (χ2v) is 10.5. The molecule has 0 spiro atoms. The summed E-state index contributed by atoms with van der Waals surface area (Å²) in [6.07, 6.45) is 8.76. The van der Waals surface area contributed by atoms with Crippen LogP contribution in [0.2, 0.25) is 15.3 Å². The van der Waals surface area contributed by atoms with Crippen LogP contribution in [0.5, 0.6) is 0 Å². The quantitative estimate of drug-likeness (QED) is 0.656. The molecule has 1 fully saturated rings. The lowest BCUT2D eigenvalue weighted by molar-refractivity contribution is 0.105. The smallest absolute Gasteiger partial charge is 0.267 e. The van der Waals surface area contributed by atoms with Crippen LogP contribution in [0, 0.1) is 11.3 Å². The van der Waals surface area contributed by atoms with Gasteiger partial charge in [-0.15, -0.1) is 0 Å². The predicted octanol–water partition coefficient (Wildman–Crippen LogP) is 4.85. The van der Waals surface area contributed by atoms with Crippen molar-refractivity contribution in [1.82, 2.24) is 0 Å². The summed E-state index contributed by atoms with van der Waals surface area (Å²) in [5.41, 5.74) is 6.64. The Morgan fingerprint density at radius 3 is 2.50 bits per heavy atom. The minimum atomic E-state index is -0.643. The highest BCUT2D eigenvalue weighted by atomic mass is 27.2. The van der Waals surface area contributed by atoms with Gasteiger partial charge in [0.05, 0.1) is 0 Å². The Morgan fingerprint density at radius 2 is 2.00 bits per heavy atom. The van der Waals surface area contributed by atoms with Gasteiger partial charge in [-0.25, -0.2) is 0 Å². The SMILES string of the molecule is CCC1CCCCC1(CC)[CH2][Al]([CH2]C)[CH](C)CN. The van der Waals surface area contributed by atoms with Gasteiger partial charge in [-0.1, -0.05) is 68.7 Å². The Kier molecular flexibility index (Phi) is 7.29. The number of hydrogen-bond acceptors (Lipinski definition) is 1. The summed E-state index contributed by atoms with van der Waals surface area (Å²) in [5, 5.41) is 3.01. The molecule has 2 heteroatoms. The summed E-state index contributed by atoms with van der Waals surface area (Å²) in [6.45, 7) is 10.6. The molecular formula is C16H34AlN. The maximum atomic E-state index is 5.94. The fourth-order valence-electron chi connectivity index (χ4n) is 4.36. The summed E-state index contributed by atoms with van der Waals surface area (Å²) >= 11 is -0.643. The molecule has 0 aliphatic heterocycles. The van der Waals surface area contributed by atoms with Crippen LogP contribution in [0.25, 0.3) is 0 Å². The minimum Gasteiger partial charge on any atom is -0.331 e. The van der Waals surface area contributed by atoms with Crippen molar-refractivity contribution < 1.29 is 0 Å². The third kappa shape index (κ3) is 3.75. The summed E-state index contributed by atoms with van der Waals surface area (Å²) in [4.78, 5) is 0. The third-order valence-corrected chi connectivity index (χ3v) is 10.2. The topological polar surface area (TPSA) is 26.0 Å². The molecule has 0 aromatic carbocycles. The molecule has 1 nitrogen and oxygen atoms in total. The summed E-state index contributed by atoms with van der Waals surface area (Å²) < 4.78 is 0.831. The number of rotatable bonds is 7. The van der Waals surface area contributed by atoms with Crippen molar-refractivity contribution in [3.05, 3.63) is 0 Å². The van der Waals surface area contributed by atoms with Crippen LogP contribution in [0.1, 0.15) is 66.2 Å². The van der Waals surface area contributed by atoms with E-state index < -0.39 is 14.1 Å². The highest BCUT2D eigenvalue weighted by molar-refractivity contribution is 6.60. The Hall–Kier alpha value is 0.492. The zero-order chi connectivity index (χ0) is 13.6. The van der Waals surface area contributed by atoms with Crippen molar-refractivity contribution in [2.45, 2.75) is 81.6 Å². The molecule has 0 amide bonds. The van der Waals surface area contributed by atoms with E-state index in [0.717, 1.165) is 17.2 Å². The molecule has 1 aliphatic rings. The molecule has 0 heterocycles. The molecule has 3 unspecified atom stereocenters. The zero-order valence-electron chi connectivity index (χ0n) is 13.2. The van der Waals surface area contributed by atoms with Crippen molar-refractivity contribution in [1.29, 1.82) is 0 Å². The largest absolute Gasteiger partial charge is 0.331 e. The highest BCUT2D eigenvalue weighted by Crippen LogP contribution is 2.50. The summed E-state index contributed by atoms with van der Waals surface area (Å²) in [6, 6.07) is 0. The second-order valence-electron chi connectivity index (χ2n) is 6.65. The van der Waals surface area contributed by atoms with Crippen LogP contribution in [0.4, 0.5) is 0 Å². The van der Waals surface area contributed by atoms with Gasteiger partial charge in [0.2, 0.25) is 0 Å². The first-order valence-electron chi connectivity index (χ1n) is 8.33. The third-order valence-electron chi connectivity index (χ3n) is 5.91. The van der Waals surface area contributed by atoms with Crippen LogP contribution in [-0.4, -0.2) is 20.7 Å². The fraction of sp³-hybridized carbons (Fsp3) is 1.00. The van der Waals surface area contributed by atoms with E-state index in [4.69, 9.17) is 5.73 Å². The fourth-order valence-corrected chi connectivity index (χ4v) is 8.11. The van der Waals surface area contributed by atoms with E-state index in [-0.39, 0.29) is 0 Å². The first kappa shape index (κ1) is 16.5. The lowest BCUT2D eigenvalue weighted by atomic mass is 9.65. The average molecular weight is 267 g/mol. The van der Waals surface area contributed by atoms with Gasteiger partial charge in [-0.2, -0.15) is 0 Å². The Labute approximate surface area is 119 Å². The maximum Gasteiger partial charge on any atom is 0.267 e. The molecule has 3 atom stereocenters. The molecule has 1 rings (SSSR count). The van der Waals surface area contributed by atoms with Crippen molar-refractivity contribution in [2.75, 3.05) is 6.54 Å². The first-order valence-corrected chi connectivity index (χ1v) is 10.6. The van der Waals surface area contributed by atoms with E-state index in [0.29, 0.717) is 5.41 Å². The van der Waals surface area contributed by atoms with E-state index in [1.54, 1.807) is 5.28 Å². The van der Waals surface area contributed by atoms with Crippen molar-refractivity contribution in [3.63, 3.8) is 0 Å². The average Bonchev–Trinajstić information content (AvgIpc) is 2.44. The van der Waals surface area contributed by atoms with Gasteiger partial charge in [-0.3, -0.25) is 0 Å². The van der Waals surface area contributed by atoms with Crippen LogP contribution in [0.3, 0.4) is 0 Å². The van der Waals surface area contributed by atoms with Crippen molar-refractivity contribution in [2.24, 2.45) is 17.1 Å². The first-order chi connectivity index (χ1) is 8.63. The summed E-state index contributed by atoms with van der Waals surface area (Å²) in [7, 11) is 0. The highest BCUT2D eigenvalue weighted by Gasteiger charge is 2.41. The Balaban J connectivity index is 2.78. The molecule has 0 bridgehead atoms. The van der Waals surface area contributed by atoms with E-state index >= 15 is 0 Å². The van der Waals surface area contributed by atoms with E-state index in [2.05, 4.69) is 27.7 Å². The van der Waals surface area contributed by atoms with Crippen LogP contribution >= 0.6 is 0 Å². The molecule has 2 N–H and O–H groups in total. The van der Waals surface area contributed by atoms with Crippen LogP contribution in [-0.2, 0) is 0 Å². The van der Waals surface area contributed by atoms with Crippen LogP contribution < -0.4 is 5.73 Å². The van der Waals surface area contributed by atoms with Gasteiger partial charge in [0.15, 0.2) is 0 Å². The monoisotopic (exact) mass is 267 g/mol. The molecule has 106 valence electrons. The number of hydrogen-bond donors (Lipinski definition) is 1. The van der Waals surface area contributed by atoms with Crippen molar-refractivity contribution >= 4 is 14.1 Å². The van der Waals surface area contributed by atoms with E-state index in [1.807, 2.05) is 0 Å². The molecule has 0 aromatic rings. The second kappa shape index (κ2) is 7.93. The lowest BCUT2D eigenvalue weighted by Crippen LogP contribution is -2.39. The molecule has 0 radical (unpaired) electrons. The van der Waals surface area contributed by atoms with E-state index in [1.165, 1.54) is 43.8 Å². The number of nitrogens with two attached hydrogens (primary N) is 1. The maximum absolute atomic E-state index is 5.94. The minimum absolute atomic E-state index is 0.643. The summed E-state index contributed by atoms with van der Waals surface area (Å²) in [5.74, 6) is 1.00. The van der Waals surface area contributed by atoms with Crippen molar-refractivity contribution in [3.8, 4) is 0 Å².